The smallest absolute Gasteiger partial charge is 0.326 e. The Bertz CT molecular complexity index is 787. The number of allylic oxidation sites excluding steroid dienone is 1. The highest BCUT2D eigenvalue weighted by Crippen LogP contribution is 2.29. The zero-order valence-corrected chi connectivity index (χ0v) is 16.7. The Morgan fingerprint density at radius 3 is 2.31 bits per heavy atom. The average Bonchev–Trinajstić information content (AvgIpc) is 3.08. The van der Waals surface area contributed by atoms with Crippen LogP contribution in [0.25, 0.3) is 0 Å². The van der Waals surface area contributed by atoms with Gasteiger partial charge in [0.2, 0.25) is 0 Å². The molecule has 26 heavy (non-hydrogen) atoms. The van der Waals surface area contributed by atoms with Crippen LogP contribution in [-0.2, 0) is 14.4 Å². The van der Waals surface area contributed by atoms with Crippen molar-refractivity contribution in [3.63, 3.8) is 0 Å². The maximum absolute atomic E-state index is 12.9. The largest absolute Gasteiger partial charge is 0.480 e. The number of benzene rings is 1. The summed E-state index contributed by atoms with van der Waals surface area (Å²) in [6.07, 6.45) is 0.930. The molecule has 1 aliphatic heterocycles. The van der Waals surface area contributed by atoms with Crippen LogP contribution >= 0.6 is 27.7 Å². The van der Waals surface area contributed by atoms with E-state index in [1.54, 1.807) is 24.3 Å². The van der Waals surface area contributed by atoms with Crippen LogP contribution in [0.5, 0.6) is 0 Å². The Balaban J connectivity index is 2.41. The number of nitrogens with zero attached hydrogens (tertiary/aromatic N) is 1. The molecule has 1 aromatic rings. The molecule has 1 amide bonds. The molecule has 1 aromatic carbocycles. The molecule has 1 aliphatic rings. The van der Waals surface area contributed by atoms with E-state index in [0.717, 1.165) is 4.47 Å². The van der Waals surface area contributed by atoms with E-state index in [4.69, 9.17) is 0 Å². The van der Waals surface area contributed by atoms with Crippen molar-refractivity contribution >= 4 is 50.5 Å². The molecule has 0 aromatic heterocycles. The fourth-order valence-corrected chi connectivity index (χ4v) is 3.74. The molecule has 0 spiro atoms. The van der Waals surface area contributed by atoms with Gasteiger partial charge in [0.25, 0.3) is 5.91 Å². The lowest BCUT2D eigenvalue weighted by Gasteiger charge is -2.23. The van der Waals surface area contributed by atoms with Gasteiger partial charge in [-0.3, -0.25) is 14.4 Å². The minimum atomic E-state index is -1.08. The second-order valence-electron chi connectivity index (χ2n) is 5.88. The molecule has 0 bridgehead atoms. The van der Waals surface area contributed by atoms with Gasteiger partial charge in [0, 0.05) is 29.1 Å². The van der Waals surface area contributed by atoms with E-state index >= 15 is 0 Å². The molecule has 0 aliphatic carbocycles. The van der Waals surface area contributed by atoms with Gasteiger partial charge in [0.05, 0.1) is 4.91 Å². The van der Waals surface area contributed by atoms with E-state index in [1.807, 2.05) is 0 Å². The number of likely N-dealkylation sites (tertiary alicyclic amines) is 1. The number of hydrogen-bond acceptors (Lipinski definition) is 5. The van der Waals surface area contributed by atoms with Crippen molar-refractivity contribution in [1.82, 2.24) is 4.90 Å². The first-order valence-corrected chi connectivity index (χ1v) is 9.56. The molecular weight excluding hydrogens is 422 g/mol. The van der Waals surface area contributed by atoms with Crippen LogP contribution in [0, 0.1) is 0 Å². The van der Waals surface area contributed by atoms with E-state index in [0.29, 0.717) is 30.2 Å². The Kier molecular flexibility index (Phi) is 6.77. The van der Waals surface area contributed by atoms with Crippen molar-refractivity contribution in [2.24, 2.45) is 0 Å². The second-order valence-corrected chi connectivity index (χ2v) is 7.98. The van der Waals surface area contributed by atoms with Gasteiger partial charge >= 0.3 is 5.97 Å². The lowest BCUT2D eigenvalue weighted by atomic mass is 10.0. The third kappa shape index (κ3) is 4.62. The topological polar surface area (TPSA) is 91.8 Å². The SMILES string of the molecule is CC(=O)SC(C(=O)N1CCC[C@H]1C(=O)O)=C(C)C(=O)c1ccc(Br)cc1. The number of rotatable bonds is 5. The summed E-state index contributed by atoms with van der Waals surface area (Å²) in [6.45, 7) is 3.07. The number of hydrogen-bond donors (Lipinski definition) is 1. The maximum Gasteiger partial charge on any atom is 0.326 e. The summed E-state index contributed by atoms with van der Waals surface area (Å²) in [4.78, 5) is 49.8. The van der Waals surface area contributed by atoms with Crippen LogP contribution in [0.1, 0.15) is 37.0 Å². The molecule has 0 radical (unpaired) electrons. The van der Waals surface area contributed by atoms with Crippen LogP contribution in [0.2, 0.25) is 0 Å². The van der Waals surface area contributed by atoms with E-state index in [9.17, 15) is 24.3 Å². The number of carboxylic acids is 1. The highest BCUT2D eigenvalue weighted by atomic mass is 79.9. The molecular formula is C18H18BrNO5S. The summed E-state index contributed by atoms with van der Waals surface area (Å²) < 4.78 is 0.812. The first-order valence-electron chi connectivity index (χ1n) is 7.95. The molecule has 138 valence electrons. The molecule has 1 saturated heterocycles. The first-order chi connectivity index (χ1) is 12.2. The number of amides is 1. The van der Waals surface area contributed by atoms with Gasteiger partial charge in [-0.05, 0) is 55.8 Å². The second kappa shape index (κ2) is 8.64. The summed E-state index contributed by atoms with van der Waals surface area (Å²) >= 11 is 3.96. The van der Waals surface area contributed by atoms with Crippen LogP contribution in [-0.4, -0.2) is 45.4 Å². The number of aliphatic carboxylic acids is 1. The monoisotopic (exact) mass is 439 g/mol. The van der Waals surface area contributed by atoms with E-state index in [-0.39, 0.29) is 27.9 Å². The fourth-order valence-electron chi connectivity index (χ4n) is 2.74. The Morgan fingerprint density at radius 1 is 1.15 bits per heavy atom. The van der Waals surface area contributed by atoms with Gasteiger partial charge in [-0.15, -0.1) is 0 Å². The van der Waals surface area contributed by atoms with Crippen molar-refractivity contribution in [3.05, 3.63) is 44.8 Å². The third-order valence-corrected chi connectivity index (χ3v) is 5.53. The summed E-state index contributed by atoms with van der Waals surface area (Å²) in [5, 5.41) is 8.95. The molecule has 6 nitrogen and oxygen atoms in total. The first kappa shape index (κ1) is 20.4. The van der Waals surface area contributed by atoms with Crippen molar-refractivity contribution in [3.8, 4) is 0 Å². The number of halogens is 1. The summed E-state index contributed by atoms with van der Waals surface area (Å²) in [6, 6.07) is 5.72. The molecule has 0 saturated carbocycles. The van der Waals surface area contributed by atoms with Gasteiger partial charge in [0.15, 0.2) is 10.9 Å². The van der Waals surface area contributed by atoms with Crippen molar-refractivity contribution in [2.45, 2.75) is 32.7 Å². The van der Waals surface area contributed by atoms with Crippen LogP contribution < -0.4 is 0 Å². The molecule has 1 heterocycles. The lowest BCUT2D eigenvalue weighted by molar-refractivity contribution is -0.146. The van der Waals surface area contributed by atoms with Gasteiger partial charge in [0.1, 0.15) is 6.04 Å². The van der Waals surface area contributed by atoms with E-state index < -0.39 is 17.9 Å². The zero-order valence-electron chi connectivity index (χ0n) is 14.3. The zero-order chi connectivity index (χ0) is 19.4. The Hall–Kier alpha value is -1.93. The van der Waals surface area contributed by atoms with Crippen LogP contribution in [0.15, 0.2) is 39.2 Å². The molecule has 1 atom stereocenters. The van der Waals surface area contributed by atoms with Crippen molar-refractivity contribution in [2.75, 3.05) is 6.54 Å². The highest BCUT2D eigenvalue weighted by Gasteiger charge is 2.36. The number of carbonyl (C=O) groups excluding carboxylic acids is 3. The van der Waals surface area contributed by atoms with Crippen molar-refractivity contribution in [1.29, 1.82) is 0 Å². The molecule has 1 N–H and O–H groups in total. The Morgan fingerprint density at radius 2 is 1.77 bits per heavy atom. The van der Waals surface area contributed by atoms with Gasteiger partial charge in [-0.25, -0.2) is 4.79 Å². The fraction of sp³-hybridized carbons (Fsp3) is 0.333. The highest BCUT2D eigenvalue weighted by molar-refractivity contribution is 9.10. The third-order valence-electron chi connectivity index (χ3n) is 4.03. The summed E-state index contributed by atoms with van der Waals surface area (Å²) in [5.41, 5.74) is 0.518. The quantitative estimate of drug-likeness (QED) is 0.558. The number of carbonyl (C=O) groups is 4. The van der Waals surface area contributed by atoms with Gasteiger partial charge < -0.3 is 10.0 Å². The maximum atomic E-state index is 12.9. The van der Waals surface area contributed by atoms with E-state index in [2.05, 4.69) is 15.9 Å². The van der Waals surface area contributed by atoms with Crippen LogP contribution in [0.3, 0.4) is 0 Å². The molecule has 0 unspecified atom stereocenters. The number of thioether (sulfide) groups is 1. The number of carboxylic acid groups (broad SMARTS) is 1. The van der Waals surface area contributed by atoms with Crippen LogP contribution in [0.4, 0.5) is 0 Å². The predicted molar refractivity (Wildman–Crippen MR) is 102 cm³/mol. The number of ketones is 1. The number of Topliss-reactive ketones (excluding diaryl/α,β-unsaturated/α-hetero) is 1. The minimum Gasteiger partial charge on any atom is -0.480 e. The molecule has 2 rings (SSSR count). The Labute approximate surface area is 163 Å². The minimum absolute atomic E-state index is 0.0152. The van der Waals surface area contributed by atoms with Gasteiger partial charge in [-0.2, -0.15) is 0 Å². The average molecular weight is 440 g/mol. The van der Waals surface area contributed by atoms with Gasteiger partial charge in [-0.1, -0.05) is 15.9 Å². The normalized spacial score (nSPS) is 17.7. The summed E-state index contributed by atoms with van der Waals surface area (Å²) in [7, 11) is 0. The van der Waals surface area contributed by atoms with E-state index in [1.165, 1.54) is 18.7 Å². The lowest BCUT2D eigenvalue weighted by Crippen LogP contribution is -2.41. The molecule has 1 fully saturated rings. The predicted octanol–water partition coefficient (Wildman–Crippen LogP) is 3.26. The summed E-state index contributed by atoms with van der Waals surface area (Å²) in [5.74, 6) is -2.04. The van der Waals surface area contributed by atoms with Crippen molar-refractivity contribution < 1.29 is 24.3 Å². The molecule has 8 heteroatoms. The standard InChI is InChI=1S/C18H18BrNO5S/c1-10(15(22)12-5-7-13(19)8-6-12)16(26-11(2)21)17(23)20-9-3-4-14(20)18(24)25/h5-8,14H,3-4,9H2,1-2H3,(H,24,25)/t14-/m0/s1.